The fourth-order valence-electron chi connectivity index (χ4n) is 1.36. The van der Waals surface area contributed by atoms with Gasteiger partial charge in [0.2, 0.25) is 5.09 Å². The van der Waals surface area contributed by atoms with Gasteiger partial charge in [0.25, 0.3) is 10.0 Å². The third-order valence-corrected chi connectivity index (χ3v) is 3.62. The Morgan fingerprint density at radius 3 is 2.83 bits per heavy atom. The van der Waals surface area contributed by atoms with Gasteiger partial charge in [-0.05, 0) is 32.0 Å². The van der Waals surface area contributed by atoms with Crippen molar-refractivity contribution in [1.29, 1.82) is 0 Å². The monoisotopic (exact) mass is 272 g/mol. The number of furan rings is 1. The van der Waals surface area contributed by atoms with Crippen LogP contribution in [0, 0.1) is 0 Å². The molecule has 0 spiro atoms. The van der Waals surface area contributed by atoms with Crippen molar-refractivity contribution in [2.24, 2.45) is 0 Å². The molecule has 2 N–H and O–H groups in total. The van der Waals surface area contributed by atoms with E-state index in [1.54, 1.807) is 6.07 Å². The number of sulfonamides is 1. The summed E-state index contributed by atoms with van der Waals surface area (Å²) < 4.78 is 31.4. The van der Waals surface area contributed by atoms with Gasteiger partial charge in [-0.25, -0.2) is 13.1 Å². The molecule has 6 heteroatoms. The number of hydrogen-bond acceptors (Lipinski definition) is 4. The normalized spacial score (nSPS) is 12.3. The summed E-state index contributed by atoms with van der Waals surface area (Å²) in [6, 6.07) is 3.15. The lowest BCUT2D eigenvalue weighted by Gasteiger charge is -2.02. The van der Waals surface area contributed by atoms with Crippen LogP contribution in [0.2, 0.25) is 0 Å². The van der Waals surface area contributed by atoms with Crippen molar-refractivity contribution >= 4 is 10.0 Å². The zero-order valence-electron chi connectivity index (χ0n) is 10.8. The topological polar surface area (TPSA) is 71.3 Å². The molecule has 0 radical (unpaired) electrons. The quantitative estimate of drug-likeness (QED) is 0.557. The van der Waals surface area contributed by atoms with Gasteiger partial charge in [0.1, 0.15) is 5.76 Å². The van der Waals surface area contributed by atoms with E-state index in [1.807, 2.05) is 26.0 Å². The maximum Gasteiger partial charge on any atom is 0.273 e. The minimum atomic E-state index is -3.52. The molecule has 5 nitrogen and oxygen atoms in total. The van der Waals surface area contributed by atoms with Crippen molar-refractivity contribution in [3.8, 4) is 0 Å². The van der Waals surface area contributed by atoms with Gasteiger partial charge in [-0.2, -0.15) is 0 Å². The molecular weight excluding hydrogens is 252 g/mol. The summed E-state index contributed by atoms with van der Waals surface area (Å²) in [6.45, 7) is 5.59. The summed E-state index contributed by atoms with van der Waals surface area (Å²) in [7, 11) is -3.52. The number of nitrogens with one attached hydrogen (secondary N) is 2. The van der Waals surface area contributed by atoms with Crippen molar-refractivity contribution < 1.29 is 12.8 Å². The van der Waals surface area contributed by atoms with E-state index < -0.39 is 10.0 Å². The molecule has 0 fully saturated rings. The first-order valence-corrected chi connectivity index (χ1v) is 7.48. The Labute approximate surface area is 108 Å². The van der Waals surface area contributed by atoms with Crippen LogP contribution < -0.4 is 10.0 Å². The lowest BCUT2D eigenvalue weighted by atomic mass is 10.4. The van der Waals surface area contributed by atoms with Crippen LogP contribution in [0.25, 0.3) is 0 Å². The first kappa shape index (κ1) is 14.9. The van der Waals surface area contributed by atoms with Crippen LogP contribution >= 0.6 is 0 Å². The molecular formula is C12H20N2O3S. The van der Waals surface area contributed by atoms with Gasteiger partial charge >= 0.3 is 0 Å². The molecule has 0 aliphatic rings. The Morgan fingerprint density at radius 2 is 2.17 bits per heavy atom. The SMILES string of the molecule is C/C=C/CCNS(=O)(=O)c1ccc(CNCC)o1. The fourth-order valence-corrected chi connectivity index (χ4v) is 2.35. The Balaban J connectivity index is 2.58. The van der Waals surface area contributed by atoms with Crippen molar-refractivity contribution in [3.05, 3.63) is 30.0 Å². The van der Waals surface area contributed by atoms with Gasteiger partial charge in [-0.3, -0.25) is 0 Å². The van der Waals surface area contributed by atoms with E-state index in [9.17, 15) is 8.42 Å². The van der Waals surface area contributed by atoms with E-state index in [-0.39, 0.29) is 5.09 Å². The first-order valence-electron chi connectivity index (χ1n) is 6.00. The van der Waals surface area contributed by atoms with Gasteiger partial charge in [0.15, 0.2) is 0 Å². The molecule has 0 atom stereocenters. The molecule has 0 saturated carbocycles. The summed E-state index contributed by atoms with van der Waals surface area (Å²) in [4.78, 5) is 0. The molecule has 1 aromatic heterocycles. The van der Waals surface area contributed by atoms with Gasteiger partial charge in [-0.1, -0.05) is 19.1 Å². The predicted octanol–water partition coefficient (Wildman–Crippen LogP) is 1.63. The van der Waals surface area contributed by atoms with E-state index >= 15 is 0 Å². The maximum absolute atomic E-state index is 11.8. The summed E-state index contributed by atoms with van der Waals surface area (Å²) in [5, 5.41) is 3.04. The van der Waals surface area contributed by atoms with Crippen LogP contribution in [0.15, 0.2) is 33.8 Å². The lowest BCUT2D eigenvalue weighted by molar-refractivity contribution is 0.401. The average molecular weight is 272 g/mol. The van der Waals surface area contributed by atoms with Gasteiger partial charge in [0.05, 0.1) is 6.54 Å². The van der Waals surface area contributed by atoms with E-state index in [1.165, 1.54) is 6.07 Å². The smallest absolute Gasteiger partial charge is 0.273 e. The van der Waals surface area contributed by atoms with Gasteiger partial charge < -0.3 is 9.73 Å². The number of rotatable bonds is 8. The second-order valence-electron chi connectivity index (χ2n) is 3.76. The molecule has 1 heterocycles. The highest BCUT2D eigenvalue weighted by Crippen LogP contribution is 2.13. The Kier molecular flexibility index (Phi) is 6.11. The molecule has 0 amide bonds. The molecule has 0 aliphatic carbocycles. The number of hydrogen-bond donors (Lipinski definition) is 2. The molecule has 1 aromatic rings. The minimum Gasteiger partial charge on any atom is -0.447 e. The molecule has 0 unspecified atom stereocenters. The zero-order chi connectivity index (χ0) is 13.4. The molecule has 0 bridgehead atoms. The molecule has 102 valence electrons. The maximum atomic E-state index is 11.8. The van der Waals surface area contributed by atoms with Gasteiger partial charge in [0, 0.05) is 6.54 Å². The largest absolute Gasteiger partial charge is 0.447 e. The molecule has 0 aliphatic heterocycles. The van der Waals surface area contributed by atoms with Crippen LogP contribution in [-0.4, -0.2) is 21.5 Å². The van der Waals surface area contributed by atoms with Crippen molar-refractivity contribution in [2.75, 3.05) is 13.1 Å². The Morgan fingerprint density at radius 1 is 1.39 bits per heavy atom. The van der Waals surface area contributed by atoms with Crippen LogP contribution in [0.3, 0.4) is 0 Å². The van der Waals surface area contributed by atoms with E-state index in [4.69, 9.17) is 4.42 Å². The predicted molar refractivity (Wildman–Crippen MR) is 70.7 cm³/mol. The fraction of sp³-hybridized carbons (Fsp3) is 0.500. The minimum absolute atomic E-state index is 0.0316. The molecule has 1 rings (SSSR count). The van der Waals surface area contributed by atoms with Crippen molar-refractivity contribution in [3.63, 3.8) is 0 Å². The average Bonchev–Trinajstić information content (AvgIpc) is 2.81. The first-order chi connectivity index (χ1) is 8.60. The Hall–Kier alpha value is -1.11. The molecule has 18 heavy (non-hydrogen) atoms. The lowest BCUT2D eigenvalue weighted by Crippen LogP contribution is -2.24. The van der Waals surface area contributed by atoms with Crippen molar-refractivity contribution in [1.82, 2.24) is 10.0 Å². The molecule has 0 saturated heterocycles. The second kappa shape index (κ2) is 7.35. The van der Waals surface area contributed by atoms with Crippen LogP contribution in [0.1, 0.15) is 26.0 Å². The van der Waals surface area contributed by atoms with E-state index in [2.05, 4.69) is 10.0 Å². The summed E-state index contributed by atoms with van der Waals surface area (Å²) in [5.74, 6) is 0.616. The number of allylic oxidation sites excluding steroid dienone is 1. The zero-order valence-corrected chi connectivity index (χ0v) is 11.6. The summed E-state index contributed by atoms with van der Waals surface area (Å²) >= 11 is 0. The van der Waals surface area contributed by atoms with Crippen LogP contribution in [0.5, 0.6) is 0 Å². The highest BCUT2D eigenvalue weighted by Gasteiger charge is 2.17. The van der Waals surface area contributed by atoms with Crippen molar-refractivity contribution in [2.45, 2.75) is 31.9 Å². The summed E-state index contributed by atoms with van der Waals surface area (Å²) in [6.07, 6.45) is 4.46. The van der Waals surface area contributed by atoms with Gasteiger partial charge in [-0.15, -0.1) is 0 Å². The Bertz CT molecular complexity index is 477. The highest BCUT2D eigenvalue weighted by atomic mass is 32.2. The third-order valence-electron chi connectivity index (χ3n) is 2.29. The van der Waals surface area contributed by atoms with Crippen LogP contribution in [-0.2, 0) is 16.6 Å². The highest BCUT2D eigenvalue weighted by molar-refractivity contribution is 7.89. The second-order valence-corrected chi connectivity index (χ2v) is 5.45. The standard InChI is InChI=1S/C12H20N2O3S/c1-3-5-6-9-14-18(15,16)12-8-7-11(17-12)10-13-4-2/h3,5,7-8,13-14H,4,6,9-10H2,1-2H3/b5-3+. The molecule has 0 aromatic carbocycles. The summed E-state index contributed by atoms with van der Waals surface area (Å²) in [5.41, 5.74) is 0. The van der Waals surface area contributed by atoms with E-state index in [0.29, 0.717) is 25.3 Å². The van der Waals surface area contributed by atoms with Crippen LogP contribution in [0.4, 0.5) is 0 Å². The van der Waals surface area contributed by atoms with E-state index in [0.717, 1.165) is 6.54 Å². The third kappa shape index (κ3) is 4.64.